The Morgan fingerprint density at radius 1 is 1.32 bits per heavy atom. The van der Waals surface area contributed by atoms with Crippen molar-refractivity contribution >= 4 is 45.9 Å². The topological polar surface area (TPSA) is 98.5 Å². The maximum absolute atomic E-state index is 11.9. The van der Waals surface area contributed by atoms with Gasteiger partial charge in [0.25, 0.3) is 5.91 Å². The van der Waals surface area contributed by atoms with Gasteiger partial charge in [0.05, 0.1) is 23.7 Å². The molecule has 0 aliphatic heterocycles. The zero-order valence-corrected chi connectivity index (χ0v) is 13.9. The first kappa shape index (κ1) is 16.8. The Morgan fingerprint density at radius 2 is 2.09 bits per heavy atom. The molecular formula is C14H18N2O4S2. The summed E-state index contributed by atoms with van der Waals surface area (Å²) in [7, 11) is 0. The average Bonchev–Trinajstić information content (AvgIpc) is 2.98. The summed E-state index contributed by atoms with van der Waals surface area (Å²) in [5.41, 5.74) is 6.86. The lowest BCUT2D eigenvalue weighted by atomic mass is 10.1. The molecule has 0 radical (unpaired) electrons. The van der Waals surface area contributed by atoms with Crippen LogP contribution in [0.1, 0.15) is 34.1 Å². The highest BCUT2D eigenvalue weighted by atomic mass is 32.2. The fraction of sp³-hybridized carbons (Fsp3) is 0.500. The largest absolute Gasteiger partial charge is 0.465 e. The van der Waals surface area contributed by atoms with Gasteiger partial charge < -0.3 is 15.8 Å². The number of ether oxygens (including phenoxy) is 1. The number of thiophene rings is 1. The van der Waals surface area contributed by atoms with Gasteiger partial charge in [-0.3, -0.25) is 14.4 Å². The number of anilines is 1. The lowest BCUT2D eigenvalue weighted by Gasteiger charge is -2.06. The second-order valence-corrected chi connectivity index (χ2v) is 6.86. The van der Waals surface area contributed by atoms with Gasteiger partial charge in [0.15, 0.2) is 0 Å². The predicted octanol–water partition coefficient (Wildman–Crippen LogP) is 1.57. The van der Waals surface area contributed by atoms with Crippen LogP contribution in [0.5, 0.6) is 0 Å². The van der Waals surface area contributed by atoms with Crippen LogP contribution >= 0.6 is 23.1 Å². The van der Waals surface area contributed by atoms with E-state index in [4.69, 9.17) is 10.5 Å². The maximum Gasteiger partial charge on any atom is 0.315 e. The van der Waals surface area contributed by atoms with Gasteiger partial charge in [0.1, 0.15) is 5.00 Å². The molecule has 1 aromatic rings. The van der Waals surface area contributed by atoms with E-state index in [0.717, 1.165) is 29.7 Å². The van der Waals surface area contributed by atoms with E-state index in [9.17, 15) is 14.4 Å². The van der Waals surface area contributed by atoms with Crippen LogP contribution in [0.15, 0.2) is 0 Å². The first-order valence-corrected chi connectivity index (χ1v) is 8.97. The molecule has 0 saturated heterocycles. The summed E-state index contributed by atoms with van der Waals surface area (Å²) >= 11 is 2.60. The molecule has 0 unspecified atom stereocenters. The van der Waals surface area contributed by atoms with Gasteiger partial charge in [-0.15, -0.1) is 23.1 Å². The molecule has 0 fully saturated rings. The summed E-state index contributed by atoms with van der Waals surface area (Å²) < 4.78 is 4.78. The molecule has 1 heterocycles. The first-order chi connectivity index (χ1) is 10.5. The quantitative estimate of drug-likeness (QED) is 0.733. The van der Waals surface area contributed by atoms with Crippen LogP contribution in [0, 0.1) is 0 Å². The van der Waals surface area contributed by atoms with E-state index in [1.54, 1.807) is 6.92 Å². The second-order valence-electron chi connectivity index (χ2n) is 4.77. The number of nitrogens with two attached hydrogens (primary N) is 1. The van der Waals surface area contributed by atoms with E-state index in [0.29, 0.717) is 17.2 Å². The highest BCUT2D eigenvalue weighted by Crippen LogP contribution is 2.38. The van der Waals surface area contributed by atoms with Crippen LogP contribution in [0.3, 0.4) is 0 Å². The molecule has 3 N–H and O–H groups in total. The number of rotatable bonds is 7. The number of hydrogen-bond acceptors (Lipinski definition) is 6. The van der Waals surface area contributed by atoms with Crippen LogP contribution in [0.4, 0.5) is 5.00 Å². The van der Waals surface area contributed by atoms with Crippen molar-refractivity contribution in [3.05, 3.63) is 16.0 Å². The summed E-state index contributed by atoms with van der Waals surface area (Å²) in [5, 5.41) is 3.26. The first-order valence-electron chi connectivity index (χ1n) is 7.00. The minimum absolute atomic E-state index is 0.125. The zero-order chi connectivity index (χ0) is 16.1. The van der Waals surface area contributed by atoms with E-state index in [2.05, 4.69) is 5.32 Å². The summed E-state index contributed by atoms with van der Waals surface area (Å²) in [6.07, 6.45) is 2.77. The van der Waals surface area contributed by atoms with Crippen molar-refractivity contribution in [1.82, 2.24) is 0 Å². The van der Waals surface area contributed by atoms with Crippen LogP contribution < -0.4 is 11.1 Å². The summed E-state index contributed by atoms with van der Waals surface area (Å²) in [5.74, 6) is -0.844. The molecule has 0 atom stereocenters. The molecular weight excluding hydrogens is 324 g/mol. The van der Waals surface area contributed by atoms with Gasteiger partial charge in [0, 0.05) is 4.88 Å². The van der Waals surface area contributed by atoms with Crippen molar-refractivity contribution in [3.63, 3.8) is 0 Å². The number of esters is 1. The third-order valence-electron chi connectivity index (χ3n) is 3.18. The monoisotopic (exact) mass is 342 g/mol. The number of thioether (sulfide) groups is 1. The molecule has 120 valence electrons. The number of carbonyl (C=O) groups excluding carboxylic acids is 3. The minimum atomic E-state index is -0.506. The number of aryl methyl sites for hydroxylation is 1. The number of carbonyl (C=O) groups is 3. The molecule has 0 saturated carbocycles. The Hall–Kier alpha value is -1.54. The van der Waals surface area contributed by atoms with Crippen molar-refractivity contribution in [1.29, 1.82) is 0 Å². The van der Waals surface area contributed by atoms with Crippen molar-refractivity contribution in [2.24, 2.45) is 5.73 Å². The van der Waals surface area contributed by atoms with Gasteiger partial charge >= 0.3 is 5.97 Å². The molecule has 8 heteroatoms. The number of amides is 2. The van der Waals surface area contributed by atoms with Crippen LogP contribution in [0.25, 0.3) is 0 Å². The highest BCUT2D eigenvalue weighted by molar-refractivity contribution is 8.00. The maximum atomic E-state index is 11.9. The Morgan fingerprint density at radius 3 is 2.77 bits per heavy atom. The van der Waals surface area contributed by atoms with Crippen molar-refractivity contribution in [2.45, 2.75) is 26.2 Å². The Balaban J connectivity index is 1.92. The Bertz CT molecular complexity index is 598. The van der Waals surface area contributed by atoms with E-state index in [-0.39, 0.29) is 23.4 Å². The highest BCUT2D eigenvalue weighted by Gasteiger charge is 2.26. The standard InChI is InChI=1S/C14H18N2O4S2/c1-2-20-11(18)7-21-6-10(17)16-14-12(13(15)19)8-4-3-5-9(8)22-14/h2-7H2,1H3,(H2,15,19)(H,16,17). The fourth-order valence-corrected chi connectivity index (χ4v) is 4.27. The van der Waals surface area contributed by atoms with Crippen molar-refractivity contribution in [3.8, 4) is 0 Å². The predicted molar refractivity (Wildman–Crippen MR) is 87.4 cm³/mol. The lowest BCUT2D eigenvalue weighted by molar-refractivity contribution is -0.139. The summed E-state index contributed by atoms with van der Waals surface area (Å²) in [6, 6.07) is 0. The molecule has 1 aromatic heterocycles. The van der Waals surface area contributed by atoms with Gasteiger partial charge in [0.2, 0.25) is 5.91 Å². The average molecular weight is 342 g/mol. The number of nitrogens with one attached hydrogen (secondary N) is 1. The van der Waals surface area contributed by atoms with E-state index >= 15 is 0 Å². The summed E-state index contributed by atoms with van der Waals surface area (Å²) in [4.78, 5) is 35.8. The molecule has 0 spiro atoms. The minimum Gasteiger partial charge on any atom is -0.465 e. The third-order valence-corrected chi connectivity index (χ3v) is 5.29. The van der Waals surface area contributed by atoms with Gasteiger partial charge in [-0.25, -0.2) is 0 Å². The fourth-order valence-electron chi connectivity index (χ4n) is 2.35. The molecule has 22 heavy (non-hydrogen) atoms. The normalized spacial score (nSPS) is 12.8. The number of hydrogen-bond donors (Lipinski definition) is 2. The Kier molecular flexibility index (Phi) is 5.84. The second kappa shape index (κ2) is 7.64. The van der Waals surface area contributed by atoms with E-state index < -0.39 is 5.91 Å². The smallest absolute Gasteiger partial charge is 0.315 e. The van der Waals surface area contributed by atoms with Crippen LogP contribution in [-0.4, -0.2) is 35.9 Å². The van der Waals surface area contributed by atoms with Crippen LogP contribution in [0.2, 0.25) is 0 Å². The molecule has 6 nitrogen and oxygen atoms in total. The summed E-state index contributed by atoms with van der Waals surface area (Å²) in [6.45, 7) is 2.06. The molecule has 0 bridgehead atoms. The van der Waals surface area contributed by atoms with Crippen molar-refractivity contribution < 1.29 is 19.1 Å². The van der Waals surface area contributed by atoms with Crippen molar-refractivity contribution in [2.75, 3.05) is 23.4 Å². The lowest BCUT2D eigenvalue weighted by Crippen LogP contribution is -2.19. The molecule has 1 aliphatic rings. The SMILES string of the molecule is CCOC(=O)CSCC(=O)Nc1sc2c(c1C(N)=O)CCC2. The van der Waals surface area contributed by atoms with E-state index in [1.165, 1.54) is 23.1 Å². The van der Waals surface area contributed by atoms with Crippen LogP contribution in [-0.2, 0) is 27.2 Å². The molecule has 1 aliphatic carbocycles. The number of primary amides is 1. The Labute approximate surface area is 136 Å². The van der Waals surface area contributed by atoms with E-state index in [1.807, 2.05) is 0 Å². The van der Waals surface area contributed by atoms with Gasteiger partial charge in [-0.1, -0.05) is 0 Å². The molecule has 0 aromatic carbocycles. The van der Waals surface area contributed by atoms with Gasteiger partial charge in [-0.05, 0) is 31.7 Å². The molecule has 2 rings (SSSR count). The number of fused-ring (bicyclic) bond motifs is 1. The zero-order valence-electron chi connectivity index (χ0n) is 12.3. The molecule has 2 amide bonds. The third kappa shape index (κ3) is 4.01. The van der Waals surface area contributed by atoms with Gasteiger partial charge in [-0.2, -0.15) is 0 Å².